The second kappa shape index (κ2) is 7.74. The number of methoxy groups -OCH3 is 2. The van der Waals surface area contributed by atoms with Crippen LogP contribution in [0, 0.1) is 6.92 Å². The maximum Gasteiger partial charge on any atom is 0.339 e. The van der Waals surface area contributed by atoms with Gasteiger partial charge in [-0.2, -0.15) is 5.10 Å². The van der Waals surface area contributed by atoms with Gasteiger partial charge in [-0.3, -0.25) is 4.79 Å². The van der Waals surface area contributed by atoms with Gasteiger partial charge >= 0.3 is 5.97 Å². The van der Waals surface area contributed by atoms with Crippen LogP contribution in [0.15, 0.2) is 54.7 Å². The van der Waals surface area contributed by atoms with Gasteiger partial charge in [-0.25, -0.2) is 9.48 Å². The summed E-state index contributed by atoms with van der Waals surface area (Å²) in [7, 11) is 2.87. The first-order valence-electron chi connectivity index (χ1n) is 8.23. The van der Waals surface area contributed by atoms with Gasteiger partial charge in [0.2, 0.25) is 0 Å². The highest BCUT2D eigenvalue weighted by Crippen LogP contribution is 2.24. The predicted octanol–water partition coefficient (Wildman–Crippen LogP) is 3.23. The molecule has 0 aliphatic heterocycles. The van der Waals surface area contributed by atoms with E-state index in [4.69, 9.17) is 9.47 Å². The van der Waals surface area contributed by atoms with E-state index in [0.29, 0.717) is 11.4 Å². The summed E-state index contributed by atoms with van der Waals surface area (Å²) in [5.41, 5.74) is 2.61. The van der Waals surface area contributed by atoms with Crippen LogP contribution in [0.5, 0.6) is 5.75 Å². The normalized spacial score (nSPS) is 10.3. The molecule has 0 saturated heterocycles. The second-order valence-electron chi connectivity index (χ2n) is 5.81. The number of carbonyl (C=O) groups excluding carboxylic acids is 2. The van der Waals surface area contributed by atoms with Gasteiger partial charge in [-0.1, -0.05) is 18.2 Å². The van der Waals surface area contributed by atoms with Crippen LogP contribution >= 0.6 is 0 Å². The van der Waals surface area contributed by atoms with E-state index in [1.54, 1.807) is 48.3 Å². The van der Waals surface area contributed by atoms with Gasteiger partial charge in [0.1, 0.15) is 11.4 Å². The van der Waals surface area contributed by atoms with Crippen LogP contribution in [0.2, 0.25) is 0 Å². The second-order valence-corrected chi connectivity index (χ2v) is 5.81. The molecule has 0 aliphatic carbocycles. The van der Waals surface area contributed by atoms with E-state index in [2.05, 4.69) is 10.4 Å². The first-order valence-corrected chi connectivity index (χ1v) is 8.23. The van der Waals surface area contributed by atoms with Crippen LogP contribution < -0.4 is 10.1 Å². The maximum atomic E-state index is 12.6. The van der Waals surface area contributed by atoms with E-state index in [1.165, 1.54) is 7.11 Å². The highest BCUT2D eigenvalue weighted by molar-refractivity contribution is 6.07. The Kier molecular flexibility index (Phi) is 5.21. The van der Waals surface area contributed by atoms with Crippen molar-refractivity contribution in [1.82, 2.24) is 9.78 Å². The van der Waals surface area contributed by atoms with Crippen LogP contribution in [0.25, 0.3) is 5.69 Å². The number of para-hydroxylation sites is 1. The molecule has 0 spiro atoms. The predicted molar refractivity (Wildman–Crippen MR) is 101 cm³/mol. The molecule has 0 radical (unpaired) electrons. The third-order valence-corrected chi connectivity index (χ3v) is 3.98. The number of aryl methyl sites for hydroxylation is 1. The molecule has 1 aromatic heterocycles. The lowest BCUT2D eigenvalue weighted by molar-refractivity contribution is 0.0602. The van der Waals surface area contributed by atoms with E-state index >= 15 is 0 Å². The Labute approximate surface area is 156 Å². The Hall–Kier alpha value is -3.61. The lowest BCUT2D eigenvalue weighted by atomic mass is 10.1. The molecule has 27 heavy (non-hydrogen) atoms. The van der Waals surface area contributed by atoms with E-state index in [1.807, 2.05) is 25.1 Å². The van der Waals surface area contributed by atoms with Gasteiger partial charge in [-0.05, 0) is 42.8 Å². The maximum absolute atomic E-state index is 12.6. The molecular weight excluding hydrogens is 346 g/mol. The fraction of sp³-hybridized carbons (Fsp3) is 0.150. The van der Waals surface area contributed by atoms with Crippen LogP contribution in [0.3, 0.4) is 0 Å². The van der Waals surface area contributed by atoms with Crippen molar-refractivity contribution in [3.05, 3.63) is 71.5 Å². The molecule has 1 amide bonds. The molecule has 0 unspecified atom stereocenters. The molecule has 0 bridgehead atoms. The number of nitrogens with zero attached hydrogens (tertiary/aromatic N) is 2. The average Bonchev–Trinajstić information content (AvgIpc) is 3.18. The van der Waals surface area contributed by atoms with Gasteiger partial charge < -0.3 is 14.8 Å². The Bertz CT molecular complexity index is 994. The number of hydrogen-bond acceptors (Lipinski definition) is 5. The van der Waals surface area contributed by atoms with Crippen LogP contribution in [-0.4, -0.2) is 35.9 Å². The summed E-state index contributed by atoms with van der Waals surface area (Å²) in [6.07, 6.45) is 1.68. The topological polar surface area (TPSA) is 82.5 Å². The summed E-state index contributed by atoms with van der Waals surface area (Å²) < 4.78 is 11.7. The summed E-state index contributed by atoms with van der Waals surface area (Å²) >= 11 is 0. The Morgan fingerprint density at radius 3 is 2.59 bits per heavy atom. The van der Waals surface area contributed by atoms with Crippen LogP contribution in [0.1, 0.15) is 26.4 Å². The summed E-state index contributed by atoms with van der Waals surface area (Å²) in [4.78, 5) is 24.4. The molecule has 0 fully saturated rings. The quantitative estimate of drug-likeness (QED) is 0.702. The molecular formula is C20H19N3O4. The van der Waals surface area contributed by atoms with Crippen molar-refractivity contribution in [2.45, 2.75) is 6.92 Å². The van der Waals surface area contributed by atoms with Gasteiger partial charge in [0.15, 0.2) is 5.69 Å². The first-order chi connectivity index (χ1) is 13.0. The monoisotopic (exact) mass is 365 g/mol. The number of ether oxygens (including phenoxy) is 2. The smallest absolute Gasteiger partial charge is 0.339 e. The highest BCUT2D eigenvalue weighted by atomic mass is 16.5. The van der Waals surface area contributed by atoms with Crippen molar-refractivity contribution in [2.24, 2.45) is 0 Å². The number of hydrogen-bond donors (Lipinski definition) is 1. The van der Waals surface area contributed by atoms with Gasteiger partial charge in [-0.15, -0.1) is 0 Å². The van der Waals surface area contributed by atoms with E-state index in [0.717, 1.165) is 11.3 Å². The third kappa shape index (κ3) is 3.82. The molecule has 3 rings (SSSR count). The number of carbonyl (C=O) groups is 2. The van der Waals surface area contributed by atoms with Crippen molar-refractivity contribution in [3.63, 3.8) is 0 Å². The molecule has 7 nitrogen and oxygen atoms in total. The lowest BCUT2D eigenvalue weighted by Crippen LogP contribution is -2.16. The molecule has 0 atom stereocenters. The molecule has 1 N–H and O–H groups in total. The zero-order valence-electron chi connectivity index (χ0n) is 15.2. The van der Waals surface area contributed by atoms with Crippen LogP contribution in [0.4, 0.5) is 5.69 Å². The van der Waals surface area contributed by atoms with Crippen molar-refractivity contribution in [2.75, 3.05) is 19.5 Å². The highest BCUT2D eigenvalue weighted by Gasteiger charge is 2.17. The van der Waals surface area contributed by atoms with Crippen molar-refractivity contribution < 1.29 is 19.1 Å². The molecule has 0 saturated carbocycles. The lowest BCUT2D eigenvalue weighted by Gasteiger charge is -2.10. The summed E-state index contributed by atoms with van der Waals surface area (Å²) in [6.45, 7) is 1.96. The summed E-state index contributed by atoms with van der Waals surface area (Å²) in [5, 5.41) is 7.03. The standard InChI is InChI=1S/C20H19N3O4/c1-13-8-9-18(26-2)17(12-13)23-11-10-16(22-23)19(24)21-15-7-5-4-6-14(15)20(25)27-3/h4-12H,1-3H3,(H,21,24). The average molecular weight is 365 g/mol. The minimum Gasteiger partial charge on any atom is -0.494 e. The molecule has 138 valence electrons. The van der Waals surface area contributed by atoms with E-state index < -0.39 is 11.9 Å². The Balaban J connectivity index is 1.87. The molecule has 2 aromatic carbocycles. The summed E-state index contributed by atoms with van der Waals surface area (Å²) in [5.74, 6) is -0.315. The van der Waals surface area contributed by atoms with Crippen molar-refractivity contribution in [1.29, 1.82) is 0 Å². The molecule has 3 aromatic rings. The minimum atomic E-state index is -0.527. The SMILES string of the molecule is COC(=O)c1ccccc1NC(=O)c1ccn(-c2cc(C)ccc2OC)n1. The number of benzene rings is 2. The Morgan fingerprint density at radius 1 is 1.07 bits per heavy atom. The molecule has 1 heterocycles. The number of aromatic nitrogens is 2. The van der Waals surface area contributed by atoms with Crippen molar-refractivity contribution in [3.8, 4) is 11.4 Å². The number of nitrogens with one attached hydrogen (secondary N) is 1. The number of amides is 1. The zero-order valence-corrected chi connectivity index (χ0v) is 15.2. The van der Waals surface area contributed by atoms with E-state index in [-0.39, 0.29) is 11.3 Å². The number of anilines is 1. The van der Waals surface area contributed by atoms with Gasteiger partial charge in [0.05, 0.1) is 25.5 Å². The number of esters is 1. The first kappa shape index (κ1) is 18.2. The zero-order chi connectivity index (χ0) is 19.4. The molecule has 0 aliphatic rings. The third-order valence-electron chi connectivity index (χ3n) is 3.98. The fourth-order valence-corrected chi connectivity index (χ4v) is 2.62. The van der Waals surface area contributed by atoms with Crippen LogP contribution in [-0.2, 0) is 4.74 Å². The molecule has 7 heteroatoms. The Morgan fingerprint density at radius 2 is 1.85 bits per heavy atom. The minimum absolute atomic E-state index is 0.207. The summed E-state index contributed by atoms with van der Waals surface area (Å²) in [6, 6.07) is 13.9. The van der Waals surface area contributed by atoms with E-state index in [9.17, 15) is 9.59 Å². The van der Waals surface area contributed by atoms with Crippen molar-refractivity contribution >= 4 is 17.6 Å². The van der Waals surface area contributed by atoms with Gasteiger partial charge in [0, 0.05) is 6.20 Å². The number of rotatable bonds is 5. The van der Waals surface area contributed by atoms with Gasteiger partial charge in [0.25, 0.3) is 5.91 Å². The fourth-order valence-electron chi connectivity index (χ4n) is 2.62. The largest absolute Gasteiger partial charge is 0.494 e.